The van der Waals surface area contributed by atoms with Crippen LogP contribution in [0.3, 0.4) is 0 Å². The third-order valence-electron chi connectivity index (χ3n) is 9.10. The van der Waals surface area contributed by atoms with E-state index in [2.05, 4.69) is 45.4 Å². The molecular weight excluding hydrogens is 998 g/mol. The maximum Gasteiger partial charge on any atom is 0.449 e. The van der Waals surface area contributed by atoms with Crippen LogP contribution in [-0.4, -0.2) is 156 Å². The molecule has 0 bridgehead atoms. The SMILES string of the molecule is CO/C(=C/C(C)=O)C(F)(F)F.COC(=O)CN(C)C.COC(=O)C[N+](C)(C)C.COC(=O)c1ccccc1OC.COc1cccc2ccc[n+](C)c12.COc1cccc2cccnc12.COc1ccccc1OC=O. The van der Waals surface area contributed by atoms with Crippen molar-refractivity contribution < 1.29 is 88.8 Å². The number of fused-ring (bicyclic) bond motifs is 2. The molecule has 0 aliphatic rings. The van der Waals surface area contributed by atoms with Crippen LogP contribution >= 0.6 is 0 Å². The number of hydrogen-bond donors (Lipinski definition) is 0. The van der Waals surface area contributed by atoms with Gasteiger partial charge >= 0.3 is 24.1 Å². The summed E-state index contributed by atoms with van der Waals surface area (Å²) in [6.45, 7) is 2.18. The molecule has 0 N–H and O–H groups in total. The van der Waals surface area contributed by atoms with E-state index in [-0.39, 0.29) is 17.9 Å². The summed E-state index contributed by atoms with van der Waals surface area (Å²) in [5.74, 6) is 0.553. The molecule has 0 atom stereocenters. The van der Waals surface area contributed by atoms with Crippen molar-refractivity contribution in [2.24, 2.45) is 7.05 Å². The van der Waals surface area contributed by atoms with Gasteiger partial charge in [0, 0.05) is 23.7 Å². The number of likely N-dealkylation sites (N-methyl/N-ethyl adjacent to an activating group) is 2. The van der Waals surface area contributed by atoms with Crippen LogP contribution in [0.5, 0.6) is 28.7 Å². The van der Waals surface area contributed by atoms with Crippen molar-refractivity contribution in [2.45, 2.75) is 13.1 Å². The largest absolute Gasteiger partial charge is 0.496 e. The molecule has 0 unspecified atom stereocenters. The van der Waals surface area contributed by atoms with E-state index < -0.39 is 17.7 Å². The van der Waals surface area contributed by atoms with Crippen molar-refractivity contribution in [1.82, 2.24) is 9.88 Å². The van der Waals surface area contributed by atoms with E-state index in [4.69, 9.17) is 18.9 Å². The van der Waals surface area contributed by atoms with Gasteiger partial charge in [0.15, 0.2) is 35.8 Å². The molecule has 6 rings (SSSR count). The summed E-state index contributed by atoms with van der Waals surface area (Å²) in [5, 5.41) is 2.31. The van der Waals surface area contributed by atoms with E-state index in [1.165, 1.54) is 40.9 Å². The summed E-state index contributed by atoms with van der Waals surface area (Å²) < 4.78 is 80.2. The molecule has 2 aromatic heterocycles. The number of aryl methyl sites for hydroxylation is 1. The molecule has 6 aromatic rings. The minimum absolute atomic E-state index is 0.164. The van der Waals surface area contributed by atoms with E-state index in [0.29, 0.717) is 52.9 Å². The summed E-state index contributed by atoms with van der Waals surface area (Å²) in [7, 11) is 22.9. The third kappa shape index (κ3) is 27.1. The number of pyridine rings is 2. The number of halogens is 3. The lowest BCUT2D eigenvalue weighted by Gasteiger charge is -2.21. The van der Waals surface area contributed by atoms with Crippen LogP contribution in [0, 0.1) is 0 Å². The average Bonchev–Trinajstić information content (AvgIpc) is 3.40. The fourth-order valence-electron chi connectivity index (χ4n) is 5.71. The van der Waals surface area contributed by atoms with Crippen molar-refractivity contribution in [2.75, 3.05) is 105 Å². The third-order valence-corrected chi connectivity index (χ3v) is 9.10. The maximum absolute atomic E-state index is 11.7. The fourth-order valence-corrected chi connectivity index (χ4v) is 5.71. The lowest BCUT2D eigenvalue weighted by atomic mass is 10.2. The molecular formula is C55H71F3N4O14+2. The number of benzene rings is 4. The lowest BCUT2D eigenvalue weighted by molar-refractivity contribution is -0.862. The number of carbonyl (C=O) groups is 5. The van der Waals surface area contributed by atoms with Gasteiger partial charge in [-0.15, -0.1) is 0 Å². The first-order valence-corrected chi connectivity index (χ1v) is 22.6. The quantitative estimate of drug-likeness (QED) is 0.0206. The Labute approximate surface area is 442 Å². The van der Waals surface area contributed by atoms with Gasteiger partial charge in [-0.3, -0.25) is 24.3 Å². The highest BCUT2D eigenvalue weighted by Gasteiger charge is 2.35. The summed E-state index contributed by atoms with van der Waals surface area (Å²) in [6.07, 6.45) is -0.393. The number of ketones is 1. The van der Waals surface area contributed by atoms with Gasteiger partial charge in [-0.1, -0.05) is 48.5 Å². The van der Waals surface area contributed by atoms with E-state index >= 15 is 0 Å². The van der Waals surface area contributed by atoms with Crippen molar-refractivity contribution in [3.63, 3.8) is 0 Å². The van der Waals surface area contributed by atoms with E-state index in [9.17, 15) is 37.1 Å². The monoisotopic (exact) mass is 1070 g/mol. The van der Waals surface area contributed by atoms with Crippen molar-refractivity contribution in [3.05, 3.63) is 139 Å². The number of carbonyl (C=O) groups excluding carboxylic acids is 5. The summed E-state index contributed by atoms with van der Waals surface area (Å²) in [5.41, 5.74) is 2.50. The Kier molecular flexibility index (Phi) is 32.6. The Balaban J connectivity index is 0.000000869. The molecule has 0 saturated carbocycles. The number of methoxy groups -OCH3 is 8. The molecule has 0 radical (unpaired) electrons. The van der Waals surface area contributed by atoms with Gasteiger partial charge in [0.1, 0.15) is 29.6 Å². The minimum Gasteiger partial charge on any atom is -0.496 e. The summed E-state index contributed by atoms with van der Waals surface area (Å²) in [6, 6.07) is 33.9. The number of hydrogen-bond acceptors (Lipinski definition) is 16. The molecule has 0 saturated heterocycles. The van der Waals surface area contributed by atoms with E-state index in [1.807, 2.05) is 97.0 Å². The number of aromatic nitrogens is 2. The number of ether oxygens (including phenoxy) is 9. The zero-order valence-corrected chi connectivity index (χ0v) is 45.8. The molecule has 21 heteroatoms. The molecule has 18 nitrogen and oxygen atoms in total. The van der Waals surface area contributed by atoms with Gasteiger partial charge in [-0.2, -0.15) is 17.7 Å². The van der Waals surface area contributed by atoms with Gasteiger partial charge < -0.3 is 47.1 Å². The molecule has 0 aliphatic heterocycles. The summed E-state index contributed by atoms with van der Waals surface area (Å²) >= 11 is 0. The zero-order valence-electron chi connectivity index (χ0n) is 45.8. The van der Waals surface area contributed by atoms with Crippen LogP contribution in [0.15, 0.2) is 133 Å². The second-order valence-electron chi connectivity index (χ2n) is 16.3. The van der Waals surface area contributed by atoms with E-state index in [0.717, 1.165) is 42.0 Å². The minimum atomic E-state index is -4.58. The van der Waals surface area contributed by atoms with Crippen molar-refractivity contribution in [1.29, 1.82) is 0 Å². The Bertz CT molecular complexity index is 2720. The Morgan fingerprint density at radius 1 is 0.618 bits per heavy atom. The van der Waals surface area contributed by atoms with Crippen molar-refractivity contribution in [3.8, 4) is 28.7 Å². The van der Waals surface area contributed by atoms with Gasteiger partial charge in [0.2, 0.25) is 5.76 Å². The summed E-state index contributed by atoms with van der Waals surface area (Å²) in [4.78, 5) is 58.2. The number of nitrogens with zero attached hydrogens (tertiary/aromatic N) is 4. The predicted molar refractivity (Wildman–Crippen MR) is 281 cm³/mol. The highest BCUT2D eigenvalue weighted by atomic mass is 19.4. The number of esters is 3. The van der Waals surface area contributed by atoms with Crippen LogP contribution in [0.4, 0.5) is 13.2 Å². The number of allylic oxidation sites excluding steroid dienone is 2. The molecule has 0 aliphatic carbocycles. The molecule has 76 heavy (non-hydrogen) atoms. The smallest absolute Gasteiger partial charge is 0.449 e. The average molecular weight is 1070 g/mol. The van der Waals surface area contributed by atoms with Gasteiger partial charge in [-0.05, 0) is 75.6 Å². The lowest BCUT2D eigenvalue weighted by Crippen LogP contribution is -2.39. The van der Waals surface area contributed by atoms with Crippen LogP contribution in [0.1, 0.15) is 17.3 Å². The standard InChI is InChI=1S/C11H12NO.C10H9NO.C9H10O3.C8H8O3.C6H7F3O2.C6H14NO2.C5H11NO2/c1-12-8-4-6-9-5-3-7-10(13-2)11(9)12;1-12-9-6-2-4-8-5-3-7-11-10(8)9;1-11-8-6-4-3-5-7(8)9(10)12-2;1-10-7-4-2-3-5-8(7)11-6-9;1-4(10)3-5(11-2)6(7,8)9;1-7(2,3)5-6(8)9-4;1-6(2)4-5(7)8-3/h3-8H,1-2H3;2-7H,1H3;3-6H,1-2H3;2-6H,1H3;3H,1-2H3;5H2,1-4H3;4H2,1-3H3/q+1;;;;;+1;/b;;;;5-3+;;. The number of alkyl halides is 3. The zero-order chi connectivity index (χ0) is 57.9. The topological polar surface area (TPSA) is 188 Å². The Morgan fingerprint density at radius 3 is 1.57 bits per heavy atom. The molecule has 414 valence electrons. The fraction of sp³-hybridized carbons (Fsp3) is 0.327. The highest BCUT2D eigenvalue weighted by Crippen LogP contribution is 2.27. The first-order chi connectivity index (χ1) is 35.9. The molecule has 0 amide bonds. The second-order valence-corrected chi connectivity index (χ2v) is 16.3. The maximum atomic E-state index is 11.7. The predicted octanol–water partition coefficient (Wildman–Crippen LogP) is 7.88. The number of rotatable bonds is 13. The Morgan fingerprint density at radius 2 is 1.12 bits per heavy atom. The van der Waals surface area contributed by atoms with Crippen LogP contribution in [0.25, 0.3) is 21.8 Å². The van der Waals surface area contributed by atoms with Crippen LogP contribution in [0.2, 0.25) is 0 Å². The Hall–Kier alpha value is -8.30. The first-order valence-electron chi connectivity index (χ1n) is 22.6. The molecule has 2 heterocycles. The molecule has 4 aromatic carbocycles. The highest BCUT2D eigenvalue weighted by molar-refractivity contribution is 5.92. The van der Waals surface area contributed by atoms with Gasteiger partial charge in [0.05, 0.1) is 90.0 Å². The number of quaternary nitrogens is 1. The van der Waals surface area contributed by atoms with Crippen molar-refractivity contribution >= 4 is 52.0 Å². The first kappa shape index (κ1) is 67.7. The van der Waals surface area contributed by atoms with Gasteiger partial charge in [-0.25, -0.2) is 9.59 Å². The number of para-hydroxylation sites is 5. The van der Waals surface area contributed by atoms with E-state index in [1.54, 1.807) is 73.8 Å². The molecule has 0 spiro atoms. The van der Waals surface area contributed by atoms with Gasteiger partial charge in [0.25, 0.3) is 12.0 Å². The van der Waals surface area contributed by atoms with Crippen LogP contribution < -0.4 is 28.3 Å². The molecule has 0 fully saturated rings. The second kappa shape index (κ2) is 36.6. The normalized spacial score (nSPS) is 10.3. The van der Waals surface area contributed by atoms with Crippen LogP contribution in [-0.2, 0) is 45.2 Å².